The number of aromatic amines is 1. The first-order valence-corrected chi connectivity index (χ1v) is 8.14. The van der Waals surface area contributed by atoms with Gasteiger partial charge in [0, 0.05) is 41.8 Å². The van der Waals surface area contributed by atoms with Crippen LogP contribution in [0.1, 0.15) is 24.1 Å². The van der Waals surface area contributed by atoms with Crippen molar-refractivity contribution in [3.63, 3.8) is 0 Å². The Morgan fingerprint density at radius 2 is 2.17 bits per heavy atom. The highest BCUT2D eigenvalue weighted by atomic mass is 16.2. The second-order valence-electron chi connectivity index (χ2n) is 6.00. The van der Waals surface area contributed by atoms with E-state index in [1.807, 2.05) is 0 Å². The van der Waals surface area contributed by atoms with Gasteiger partial charge in [-0.3, -0.25) is 14.6 Å². The maximum atomic E-state index is 12.4. The number of carbonyl (C=O) groups is 1. The molecule has 0 saturated carbocycles. The normalized spacial score (nSPS) is 17.5. The SMILES string of the molecule is Cc1nc(-c2ccncc2)[nH]c(=O)c1CC(=O)N[C@H]1CCCNC1. The van der Waals surface area contributed by atoms with Crippen LogP contribution in [0.5, 0.6) is 0 Å². The molecule has 0 aliphatic carbocycles. The van der Waals surface area contributed by atoms with Crippen molar-refractivity contribution >= 4 is 5.91 Å². The van der Waals surface area contributed by atoms with Crippen LogP contribution < -0.4 is 16.2 Å². The van der Waals surface area contributed by atoms with Gasteiger partial charge in [-0.2, -0.15) is 0 Å². The predicted molar refractivity (Wildman–Crippen MR) is 90.6 cm³/mol. The number of aromatic nitrogens is 3. The molecule has 1 fully saturated rings. The maximum absolute atomic E-state index is 12.4. The third-order valence-corrected chi connectivity index (χ3v) is 4.18. The summed E-state index contributed by atoms with van der Waals surface area (Å²) in [6.07, 6.45) is 5.34. The van der Waals surface area contributed by atoms with Crippen LogP contribution in [0.15, 0.2) is 29.3 Å². The number of H-pyrrole nitrogens is 1. The highest BCUT2D eigenvalue weighted by molar-refractivity contribution is 5.79. The molecule has 24 heavy (non-hydrogen) atoms. The molecule has 2 aromatic heterocycles. The molecule has 3 rings (SSSR count). The standard InChI is InChI=1S/C17H21N5O2/c1-11-14(9-15(23)21-13-3-2-6-19-10-13)17(24)22-16(20-11)12-4-7-18-8-5-12/h4-5,7-8,13,19H,2-3,6,9-10H2,1H3,(H,21,23)(H,20,22,24)/t13-/m0/s1. The lowest BCUT2D eigenvalue weighted by atomic mass is 10.1. The Morgan fingerprint density at radius 1 is 1.38 bits per heavy atom. The first kappa shape index (κ1) is 16.3. The van der Waals surface area contributed by atoms with Crippen LogP contribution in [0.4, 0.5) is 0 Å². The zero-order chi connectivity index (χ0) is 16.9. The summed E-state index contributed by atoms with van der Waals surface area (Å²) in [6.45, 7) is 3.52. The van der Waals surface area contributed by atoms with Gasteiger partial charge in [-0.05, 0) is 38.4 Å². The quantitative estimate of drug-likeness (QED) is 0.761. The summed E-state index contributed by atoms with van der Waals surface area (Å²) in [7, 11) is 0. The largest absolute Gasteiger partial charge is 0.352 e. The molecule has 0 bridgehead atoms. The van der Waals surface area contributed by atoms with Crippen molar-refractivity contribution in [2.24, 2.45) is 0 Å². The molecule has 1 atom stereocenters. The van der Waals surface area contributed by atoms with Crippen molar-refractivity contribution in [1.82, 2.24) is 25.6 Å². The molecule has 126 valence electrons. The van der Waals surface area contributed by atoms with Gasteiger partial charge >= 0.3 is 0 Å². The molecule has 7 heteroatoms. The summed E-state index contributed by atoms with van der Waals surface area (Å²) in [5.41, 5.74) is 1.50. The van der Waals surface area contributed by atoms with Gasteiger partial charge in [-0.25, -0.2) is 4.98 Å². The van der Waals surface area contributed by atoms with E-state index in [-0.39, 0.29) is 23.9 Å². The number of nitrogens with one attached hydrogen (secondary N) is 3. The first-order chi connectivity index (χ1) is 11.6. The number of amides is 1. The minimum absolute atomic E-state index is 0.0429. The van der Waals surface area contributed by atoms with Gasteiger partial charge in [0.15, 0.2) is 0 Å². The van der Waals surface area contributed by atoms with E-state index in [2.05, 4.69) is 25.6 Å². The van der Waals surface area contributed by atoms with E-state index in [4.69, 9.17) is 0 Å². The van der Waals surface area contributed by atoms with Crippen LogP contribution in [0.2, 0.25) is 0 Å². The van der Waals surface area contributed by atoms with Crippen LogP contribution in [0.3, 0.4) is 0 Å². The van der Waals surface area contributed by atoms with E-state index in [9.17, 15) is 9.59 Å². The van der Waals surface area contributed by atoms with E-state index in [1.54, 1.807) is 31.5 Å². The minimum Gasteiger partial charge on any atom is -0.352 e. The Labute approximate surface area is 139 Å². The number of aryl methyl sites for hydroxylation is 1. The lowest BCUT2D eigenvalue weighted by Crippen LogP contribution is -2.46. The Bertz CT molecular complexity index is 766. The van der Waals surface area contributed by atoms with Gasteiger partial charge in [-0.15, -0.1) is 0 Å². The van der Waals surface area contributed by atoms with Crippen molar-refractivity contribution < 1.29 is 4.79 Å². The molecular formula is C17H21N5O2. The fourth-order valence-electron chi connectivity index (χ4n) is 2.88. The van der Waals surface area contributed by atoms with E-state index in [0.717, 1.165) is 31.5 Å². The van der Waals surface area contributed by atoms with E-state index >= 15 is 0 Å². The van der Waals surface area contributed by atoms with Crippen LogP contribution in [-0.2, 0) is 11.2 Å². The summed E-state index contributed by atoms with van der Waals surface area (Å²) in [4.78, 5) is 35.7. The molecule has 2 aromatic rings. The molecule has 3 heterocycles. The van der Waals surface area contributed by atoms with Crippen LogP contribution >= 0.6 is 0 Å². The van der Waals surface area contributed by atoms with Crippen LogP contribution in [0, 0.1) is 6.92 Å². The summed E-state index contributed by atoms with van der Waals surface area (Å²) in [5, 5.41) is 6.23. The summed E-state index contributed by atoms with van der Waals surface area (Å²) in [5.74, 6) is 0.344. The van der Waals surface area contributed by atoms with Gasteiger partial charge in [0.1, 0.15) is 5.82 Å². The van der Waals surface area contributed by atoms with Crippen molar-refractivity contribution in [1.29, 1.82) is 0 Å². The number of hydrogen-bond donors (Lipinski definition) is 3. The van der Waals surface area contributed by atoms with Gasteiger partial charge in [0.25, 0.3) is 5.56 Å². The molecule has 0 aromatic carbocycles. The average Bonchev–Trinajstić information content (AvgIpc) is 2.59. The van der Waals surface area contributed by atoms with E-state index in [1.165, 1.54) is 0 Å². The molecule has 0 spiro atoms. The van der Waals surface area contributed by atoms with Crippen molar-refractivity contribution in [3.8, 4) is 11.4 Å². The highest BCUT2D eigenvalue weighted by Gasteiger charge is 2.18. The van der Waals surface area contributed by atoms with Gasteiger partial charge < -0.3 is 15.6 Å². The van der Waals surface area contributed by atoms with Gasteiger partial charge in [0.2, 0.25) is 5.91 Å². The molecule has 1 amide bonds. The zero-order valence-corrected chi connectivity index (χ0v) is 13.6. The monoisotopic (exact) mass is 327 g/mol. The summed E-state index contributed by atoms with van der Waals surface area (Å²) < 4.78 is 0. The summed E-state index contributed by atoms with van der Waals surface area (Å²) >= 11 is 0. The molecule has 3 N–H and O–H groups in total. The molecule has 1 saturated heterocycles. The predicted octanol–water partition coefficient (Wildman–Crippen LogP) is 0.551. The molecule has 7 nitrogen and oxygen atoms in total. The zero-order valence-electron chi connectivity index (χ0n) is 13.6. The van der Waals surface area contributed by atoms with Gasteiger partial charge in [-0.1, -0.05) is 0 Å². The molecule has 0 radical (unpaired) electrons. The first-order valence-electron chi connectivity index (χ1n) is 8.14. The van der Waals surface area contributed by atoms with Crippen molar-refractivity contribution in [2.75, 3.05) is 13.1 Å². The molecule has 1 aliphatic rings. The Kier molecular flexibility index (Phi) is 5.00. The Morgan fingerprint density at radius 3 is 2.83 bits per heavy atom. The molecular weight excluding hydrogens is 306 g/mol. The third-order valence-electron chi connectivity index (χ3n) is 4.18. The number of carbonyl (C=O) groups excluding carboxylic acids is 1. The third kappa shape index (κ3) is 3.86. The number of hydrogen-bond acceptors (Lipinski definition) is 5. The van der Waals surface area contributed by atoms with Gasteiger partial charge in [0.05, 0.1) is 6.42 Å². The lowest BCUT2D eigenvalue weighted by Gasteiger charge is -2.23. The summed E-state index contributed by atoms with van der Waals surface area (Å²) in [6, 6.07) is 3.69. The minimum atomic E-state index is -0.272. The van der Waals surface area contributed by atoms with E-state index in [0.29, 0.717) is 17.1 Å². The van der Waals surface area contributed by atoms with Crippen molar-refractivity contribution in [2.45, 2.75) is 32.2 Å². The maximum Gasteiger partial charge on any atom is 0.255 e. The second-order valence-corrected chi connectivity index (χ2v) is 6.00. The smallest absolute Gasteiger partial charge is 0.255 e. The molecule has 1 aliphatic heterocycles. The van der Waals surface area contributed by atoms with Crippen LogP contribution in [0.25, 0.3) is 11.4 Å². The lowest BCUT2D eigenvalue weighted by molar-refractivity contribution is -0.121. The fraction of sp³-hybridized carbons (Fsp3) is 0.412. The average molecular weight is 327 g/mol. The number of nitrogens with zero attached hydrogens (tertiary/aromatic N) is 2. The number of piperidine rings is 1. The van der Waals surface area contributed by atoms with E-state index < -0.39 is 0 Å². The topological polar surface area (TPSA) is 99.8 Å². The molecule has 0 unspecified atom stereocenters. The fourth-order valence-corrected chi connectivity index (χ4v) is 2.88. The number of rotatable bonds is 4. The van der Waals surface area contributed by atoms with Crippen molar-refractivity contribution in [3.05, 3.63) is 46.1 Å². The van der Waals surface area contributed by atoms with Crippen LogP contribution in [-0.4, -0.2) is 40.0 Å². The number of pyridine rings is 1. The Balaban J connectivity index is 1.74. The Hall–Kier alpha value is -2.54. The highest BCUT2D eigenvalue weighted by Crippen LogP contribution is 2.13. The second kappa shape index (κ2) is 7.35.